The highest BCUT2D eigenvalue weighted by atomic mass is 35.5. The van der Waals surface area contributed by atoms with Crippen LogP contribution in [0.25, 0.3) is 0 Å². The van der Waals surface area contributed by atoms with E-state index in [9.17, 15) is 14.9 Å². The summed E-state index contributed by atoms with van der Waals surface area (Å²) in [4.78, 5) is 28.6. The number of amides is 1. The maximum atomic E-state index is 11.4. The Balaban J connectivity index is 2.59. The van der Waals surface area contributed by atoms with Gasteiger partial charge in [0.2, 0.25) is 17.0 Å². The normalized spacial score (nSPS) is 10.0. The highest BCUT2D eigenvalue weighted by Crippen LogP contribution is 2.21. The van der Waals surface area contributed by atoms with Crippen LogP contribution in [-0.4, -0.2) is 47.6 Å². The Bertz CT molecular complexity index is 470. The van der Waals surface area contributed by atoms with E-state index in [1.54, 1.807) is 0 Å². The molecule has 0 aliphatic rings. The number of hydrogen-bond donors (Lipinski definition) is 2. The number of nitrogens with one attached hydrogen (secondary N) is 2. The number of nitro groups is 1. The quantitative estimate of drug-likeness (QED) is 0.319. The van der Waals surface area contributed by atoms with E-state index in [0.29, 0.717) is 13.2 Å². The van der Waals surface area contributed by atoms with Gasteiger partial charge in [0.15, 0.2) is 0 Å². The molecular formula is C9H12ClN5O4. The molecule has 0 aliphatic carbocycles. The summed E-state index contributed by atoms with van der Waals surface area (Å²) in [6.45, 7) is 0.562. The van der Waals surface area contributed by atoms with Gasteiger partial charge in [-0.1, -0.05) is 0 Å². The summed E-state index contributed by atoms with van der Waals surface area (Å²) in [6.07, 6.45) is 0.973. The molecule has 9 nitrogen and oxygen atoms in total. The van der Waals surface area contributed by atoms with Gasteiger partial charge in [0, 0.05) is 13.7 Å². The molecule has 0 atom stereocenters. The number of halogens is 1. The molecule has 0 saturated heterocycles. The van der Waals surface area contributed by atoms with Gasteiger partial charge in [0.1, 0.15) is 6.20 Å². The van der Waals surface area contributed by atoms with Gasteiger partial charge in [0.25, 0.3) is 0 Å². The van der Waals surface area contributed by atoms with Crippen molar-refractivity contribution in [3.8, 4) is 0 Å². The van der Waals surface area contributed by atoms with Gasteiger partial charge in [-0.3, -0.25) is 14.9 Å². The van der Waals surface area contributed by atoms with Crippen molar-refractivity contribution in [2.24, 2.45) is 0 Å². The number of hydrogen-bond acceptors (Lipinski definition) is 7. The highest BCUT2D eigenvalue weighted by molar-refractivity contribution is 6.28. The first-order chi connectivity index (χ1) is 9.04. The predicted molar refractivity (Wildman–Crippen MR) is 67.1 cm³/mol. The van der Waals surface area contributed by atoms with Crippen LogP contribution in [0.3, 0.4) is 0 Å². The number of carbonyl (C=O) groups is 1. The van der Waals surface area contributed by atoms with Crippen LogP contribution in [0, 0.1) is 10.1 Å². The molecule has 0 spiro atoms. The Kier molecular flexibility index (Phi) is 5.90. The molecule has 1 aromatic heterocycles. The zero-order valence-corrected chi connectivity index (χ0v) is 10.8. The van der Waals surface area contributed by atoms with E-state index in [2.05, 4.69) is 20.6 Å². The smallest absolute Gasteiger partial charge is 0.329 e. The number of methoxy groups -OCH3 is 1. The Morgan fingerprint density at radius 3 is 3.00 bits per heavy atom. The maximum absolute atomic E-state index is 11.4. The first kappa shape index (κ1) is 15.1. The number of ether oxygens (including phenoxy) is 1. The third-order valence-electron chi connectivity index (χ3n) is 1.98. The third kappa shape index (κ3) is 5.02. The van der Waals surface area contributed by atoms with Crippen molar-refractivity contribution in [3.63, 3.8) is 0 Å². The molecule has 19 heavy (non-hydrogen) atoms. The van der Waals surface area contributed by atoms with Crippen LogP contribution in [0.2, 0.25) is 5.28 Å². The molecule has 0 saturated carbocycles. The zero-order chi connectivity index (χ0) is 14.3. The molecule has 0 bridgehead atoms. The lowest BCUT2D eigenvalue weighted by Crippen LogP contribution is -2.32. The fourth-order valence-corrected chi connectivity index (χ4v) is 1.27. The molecule has 1 aromatic rings. The fraction of sp³-hybridized carbons (Fsp3) is 0.444. The van der Waals surface area contributed by atoms with E-state index in [1.165, 1.54) is 7.11 Å². The van der Waals surface area contributed by atoms with Gasteiger partial charge in [-0.05, 0) is 11.6 Å². The van der Waals surface area contributed by atoms with Crippen LogP contribution in [0.5, 0.6) is 0 Å². The molecule has 0 aromatic carbocycles. The fourth-order valence-electron chi connectivity index (χ4n) is 1.14. The lowest BCUT2D eigenvalue weighted by atomic mass is 10.4. The molecule has 1 heterocycles. The van der Waals surface area contributed by atoms with Crippen molar-refractivity contribution in [1.29, 1.82) is 0 Å². The molecule has 0 aliphatic heterocycles. The molecule has 104 valence electrons. The van der Waals surface area contributed by atoms with Crippen molar-refractivity contribution in [2.75, 3.05) is 32.1 Å². The molecule has 1 amide bonds. The van der Waals surface area contributed by atoms with Crippen molar-refractivity contribution in [2.45, 2.75) is 0 Å². The minimum atomic E-state index is -0.665. The first-order valence-corrected chi connectivity index (χ1v) is 5.59. The average Bonchev–Trinajstić information content (AvgIpc) is 2.36. The van der Waals surface area contributed by atoms with Gasteiger partial charge in [-0.25, -0.2) is 4.98 Å². The molecule has 10 heteroatoms. The van der Waals surface area contributed by atoms with Crippen molar-refractivity contribution in [1.82, 2.24) is 15.3 Å². The Labute approximate surface area is 113 Å². The van der Waals surface area contributed by atoms with E-state index in [1.807, 2.05) is 0 Å². The van der Waals surface area contributed by atoms with Crippen molar-refractivity contribution in [3.05, 3.63) is 21.6 Å². The van der Waals surface area contributed by atoms with Crippen LogP contribution in [0.15, 0.2) is 6.20 Å². The lowest BCUT2D eigenvalue weighted by Gasteiger charge is -2.07. The van der Waals surface area contributed by atoms with Crippen molar-refractivity contribution < 1.29 is 14.5 Å². The summed E-state index contributed by atoms with van der Waals surface area (Å²) in [6, 6.07) is 0. The first-order valence-electron chi connectivity index (χ1n) is 5.21. The van der Waals surface area contributed by atoms with E-state index in [4.69, 9.17) is 16.3 Å². The van der Waals surface area contributed by atoms with E-state index in [0.717, 1.165) is 6.20 Å². The summed E-state index contributed by atoms with van der Waals surface area (Å²) < 4.78 is 4.76. The number of carbonyl (C=O) groups excluding carboxylic acids is 1. The predicted octanol–water partition coefficient (Wildman–Crippen LogP) is 0.213. The Hall–Kier alpha value is -2.00. The van der Waals surface area contributed by atoms with Crippen LogP contribution in [-0.2, 0) is 9.53 Å². The van der Waals surface area contributed by atoms with Gasteiger partial charge < -0.3 is 15.4 Å². The van der Waals surface area contributed by atoms with Gasteiger partial charge in [-0.15, -0.1) is 0 Å². The second kappa shape index (κ2) is 7.44. The monoisotopic (exact) mass is 289 g/mol. The summed E-state index contributed by atoms with van der Waals surface area (Å²) in [5, 5.41) is 15.6. The standard InChI is InChI=1S/C9H12ClN5O4/c1-19-3-2-11-7(16)5-12-8-6(15(17)18)4-13-9(10)14-8/h4H,2-3,5H2,1H3,(H,11,16)(H,12,13,14). The minimum absolute atomic E-state index is 0.105. The van der Waals surface area contributed by atoms with Crippen LogP contribution >= 0.6 is 11.6 Å². The zero-order valence-electron chi connectivity index (χ0n) is 10.1. The van der Waals surface area contributed by atoms with Crippen LogP contribution < -0.4 is 10.6 Å². The van der Waals surface area contributed by atoms with Crippen molar-refractivity contribution >= 4 is 29.0 Å². The van der Waals surface area contributed by atoms with Gasteiger partial charge >= 0.3 is 5.69 Å². The van der Waals surface area contributed by atoms with E-state index < -0.39 is 4.92 Å². The molecule has 1 rings (SSSR count). The molecule has 0 radical (unpaired) electrons. The number of rotatable bonds is 7. The summed E-state index contributed by atoms with van der Waals surface area (Å²) in [5.41, 5.74) is -0.353. The largest absolute Gasteiger partial charge is 0.383 e. The lowest BCUT2D eigenvalue weighted by molar-refractivity contribution is -0.384. The summed E-state index contributed by atoms with van der Waals surface area (Å²) in [7, 11) is 1.51. The van der Waals surface area contributed by atoms with Crippen LogP contribution in [0.1, 0.15) is 0 Å². The van der Waals surface area contributed by atoms with Gasteiger partial charge in [0.05, 0.1) is 18.1 Å². The van der Waals surface area contributed by atoms with E-state index in [-0.39, 0.29) is 29.2 Å². The topological polar surface area (TPSA) is 119 Å². The maximum Gasteiger partial charge on any atom is 0.329 e. The van der Waals surface area contributed by atoms with Crippen LogP contribution in [0.4, 0.5) is 11.5 Å². The molecule has 0 fully saturated rings. The SMILES string of the molecule is COCCNC(=O)CNc1nc(Cl)ncc1[N+](=O)[O-]. The number of anilines is 1. The molecule has 2 N–H and O–H groups in total. The Morgan fingerprint density at radius 1 is 1.63 bits per heavy atom. The summed E-state index contributed by atoms with van der Waals surface area (Å²) >= 11 is 5.54. The highest BCUT2D eigenvalue weighted by Gasteiger charge is 2.17. The number of aromatic nitrogens is 2. The van der Waals surface area contributed by atoms with Gasteiger partial charge in [-0.2, -0.15) is 4.98 Å². The molecule has 0 unspecified atom stereocenters. The third-order valence-corrected chi connectivity index (χ3v) is 2.16. The van der Waals surface area contributed by atoms with E-state index >= 15 is 0 Å². The Morgan fingerprint density at radius 2 is 2.37 bits per heavy atom. The number of nitrogens with zero attached hydrogens (tertiary/aromatic N) is 3. The second-order valence-corrected chi connectivity index (χ2v) is 3.66. The average molecular weight is 290 g/mol. The minimum Gasteiger partial charge on any atom is -0.383 e. The molecular weight excluding hydrogens is 278 g/mol. The summed E-state index contributed by atoms with van der Waals surface area (Å²) in [5.74, 6) is -0.451. The second-order valence-electron chi connectivity index (χ2n) is 3.33.